The Kier molecular flexibility index (Phi) is 5.52. The van der Waals surface area contributed by atoms with Crippen molar-refractivity contribution in [3.63, 3.8) is 0 Å². The number of halogens is 2. The normalized spacial score (nSPS) is 15.5. The Bertz CT molecular complexity index is 1120. The Morgan fingerprint density at radius 2 is 1.50 bits per heavy atom. The van der Waals surface area contributed by atoms with Crippen molar-refractivity contribution in [1.82, 2.24) is 18.8 Å². The highest BCUT2D eigenvalue weighted by Gasteiger charge is 2.28. The van der Waals surface area contributed by atoms with E-state index in [-0.39, 0.29) is 18.7 Å². The van der Waals surface area contributed by atoms with E-state index in [1.54, 1.807) is 0 Å². The van der Waals surface area contributed by atoms with E-state index in [9.17, 15) is 17.2 Å². The zero-order valence-corrected chi connectivity index (χ0v) is 17.2. The van der Waals surface area contributed by atoms with Crippen LogP contribution in [-0.4, -0.2) is 53.4 Å². The molecule has 0 saturated carbocycles. The molecule has 7 nitrogen and oxygen atoms in total. The number of anilines is 1. The molecule has 30 heavy (non-hydrogen) atoms. The number of hydrogen-bond donors (Lipinski definition) is 0. The molecule has 1 aliphatic rings. The Balaban J connectivity index is 1.46. The van der Waals surface area contributed by atoms with E-state index in [2.05, 4.69) is 9.97 Å². The summed E-state index contributed by atoms with van der Waals surface area (Å²) in [5.41, 5.74) is 0.0951. The van der Waals surface area contributed by atoms with Gasteiger partial charge >= 0.3 is 0 Å². The van der Waals surface area contributed by atoms with E-state index >= 15 is 0 Å². The number of benzene rings is 1. The fourth-order valence-electron chi connectivity index (χ4n) is 3.51. The monoisotopic (exact) mass is 433 g/mol. The van der Waals surface area contributed by atoms with Gasteiger partial charge in [0.05, 0.1) is 5.75 Å². The van der Waals surface area contributed by atoms with Crippen molar-refractivity contribution in [2.45, 2.75) is 12.7 Å². The smallest absolute Gasteiger partial charge is 0.218 e. The third-order valence-corrected chi connectivity index (χ3v) is 6.76. The predicted molar refractivity (Wildman–Crippen MR) is 109 cm³/mol. The van der Waals surface area contributed by atoms with Crippen molar-refractivity contribution >= 4 is 15.8 Å². The second-order valence-corrected chi connectivity index (χ2v) is 9.11. The van der Waals surface area contributed by atoms with Crippen LogP contribution in [0.15, 0.2) is 48.8 Å². The minimum atomic E-state index is -3.69. The number of piperazine rings is 1. The van der Waals surface area contributed by atoms with Gasteiger partial charge in [-0.25, -0.2) is 27.2 Å². The third-order valence-electron chi connectivity index (χ3n) is 4.91. The minimum Gasteiger partial charge on any atom is -0.354 e. The minimum absolute atomic E-state index is 0.0951. The number of aryl methyl sites for hydroxylation is 1. The van der Waals surface area contributed by atoms with Gasteiger partial charge in [-0.2, -0.15) is 4.31 Å². The van der Waals surface area contributed by atoms with Gasteiger partial charge in [0, 0.05) is 50.7 Å². The largest absolute Gasteiger partial charge is 0.354 e. The molecule has 0 radical (unpaired) electrons. The van der Waals surface area contributed by atoms with E-state index in [1.807, 2.05) is 47.0 Å². The predicted octanol–water partition coefficient (Wildman–Crippen LogP) is 2.51. The summed E-state index contributed by atoms with van der Waals surface area (Å²) < 4.78 is 55.4. The standard InChI is InChI=1S/C20H21F2N5O2S/c1-15-23-19(25-4-2-3-5-25)13-20(24-15)26-6-8-27(9-7-26)30(28,29)14-16-10-17(21)12-18(22)11-16/h2-5,10-13H,6-9,14H2,1H3. The van der Waals surface area contributed by atoms with Gasteiger partial charge in [-0.05, 0) is 36.8 Å². The molecule has 158 valence electrons. The van der Waals surface area contributed by atoms with Gasteiger partial charge in [0.15, 0.2) is 0 Å². The molecule has 10 heteroatoms. The molecular weight excluding hydrogens is 412 g/mol. The Hall–Kier alpha value is -2.85. The van der Waals surface area contributed by atoms with Crippen molar-refractivity contribution in [2.75, 3.05) is 31.1 Å². The molecule has 0 unspecified atom stereocenters. The van der Waals surface area contributed by atoms with Crippen molar-refractivity contribution in [1.29, 1.82) is 0 Å². The van der Waals surface area contributed by atoms with Gasteiger partial charge in [-0.1, -0.05) is 0 Å². The highest BCUT2D eigenvalue weighted by molar-refractivity contribution is 7.88. The zero-order chi connectivity index (χ0) is 21.3. The Labute approximate surface area is 173 Å². The van der Waals surface area contributed by atoms with Crippen LogP contribution in [0.1, 0.15) is 11.4 Å². The number of rotatable bonds is 5. The molecule has 0 aliphatic carbocycles. The lowest BCUT2D eigenvalue weighted by molar-refractivity contribution is 0.383. The molecule has 0 atom stereocenters. The first kappa shape index (κ1) is 20.4. The molecule has 4 rings (SSSR count). The lowest BCUT2D eigenvalue weighted by Crippen LogP contribution is -2.49. The SMILES string of the molecule is Cc1nc(N2CCN(S(=O)(=O)Cc3cc(F)cc(F)c3)CC2)cc(-n2cccc2)n1. The summed E-state index contributed by atoms with van der Waals surface area (Å²) in [5.74, 6) is 0.0808. The molecule has 0 amide bonds. The molecule has 1 saturated heterocycles. The fourth-order valence-corrected chi connectivity index (χ4v) is 5.00. The van der Waals surface area contributed by atoms with Crippen LogP contribution in [-0.2, 0) is 15.8 Å². The van der Waals surface area contributed by atoms with Crippen LogP contribution < -0.4 is 4.90 Å². The van der Waals surface area contributed by atoms with Crippen molar-refractivity contribution in [2.24, 2.45) is 0 Å². The van der Waals surface area contributed by atoms with Crippen LogP contribution >= 0.6 is 0 Å². The average molecular weight is 433 g/mol. The van der Waals surface area contributed by atoms with E-state index in [4.69, 9.17) is 0 Å². The van der Waals surface area contributed by atoms with Gasteiger partial charge in [-0.3, -0.25) is 0 Å². The van der Waals surface area contributed by atoms with E-state index in [0.29, 0.717) is 18.9 Å². The summed E-state index contributed by atoms with van der Waals surface area (Å²) >= 11 is 0. The van der Waals surface area contributed by atoms with E-state index < -0.39 is 27.4 Å². The Morgan fingerprint density at radius 1 is 0.900 bits per heavy atom. The van der Waals surface area contributed by atoms with Gasteiger partial charge in [-0.15, -0.1) is 0 Å². The lowest BCUT2D eigenvalue weighted by Gasteiger charge is -2.34. The van der Waals surface area contributed by atoms with Crippen LogP contribution in [0.2, 0.25) is 0 Å². The number of hydrogen-bond acceptors (Lipinski definition) is 5. The molecule has 1 aliphatic heterocycles. The molecule has 1 aromatic carbocycles. The van der Waals surface area contributed by atoms with Gasteiger partial charge < -0.3 is 9.47 Å². The molecule has 2 aromatic heterocycles. The zero-order valence-electron chi connectivity index (χ0n) is 16.4. The molecule has 1 fully saturated rings. The molecule has 0 bridgehead atoms. The van der Waals surface area contributed by atoms with Gasteiger partial charge in [0.1, 0.15) is 29.1 Å². The van der Waals surface area contributed by atoms with Crippen LogP contribution in [0.3, 0.4) is 0 Å². The van der Waals surface area contributed by atoms with Crippen LogP contribution in [0, 0.1) is 18.6 Å². The van der Waals surface area contributed by atoms with Crippen LogP contribution in [0.4, 0.5) is 14.6 Å². The van der Waals surface area contributed by atoms with Crippen molar-refractivity contribution in [3.05, 3.63) is 71.8 Å². The summed E-state index contributed by atoms with van der Waals surface area (Å²) in [6.07, 6.45) is 3.79. The average Bonchev–Trinajstić information content (AvgIpc) is 3.21. The molecular formula is C20H21F2N5O2S. The van der Waals surface area contributed by atoms with Gasteiger partial charge in [0.25, 0.3) is 0 Å². The maximum atomic E-state index is 13.4. The number of sulfonamides is 1. The van der Waals surface area contributed by atoms with E-state index in [1.165, 1.54) is 4.31 Å². The first-order valence-electron chi connectivity index (χ1n) is 9.47. The summed E-state index contributed by atoms with van der Waals surface area (Å²) in [4.78, 5) is 10.9. The number of nitrogens with zero attached hydrogens (tertiary/aromatic N) is 5. The van der Waals surface area contributed by atoms with E-state index in [0.717, 1.165) is 29.8 Å². The first-order valence-corrected chi connectivity index (χ1v) is 11.1. The van der Waals surface area contributed by atoms with Crippen LogP contribution in [0.5, 0.6) is 0 Å². The maximum absolute atomic E-state index is 13.4. The van der Waals surface area contributed by atoms with Crippen molar-refractivity contribution in [3.8, 4) is 5.82 Å². The summed E-state index contributed by atoms with van der Waals surface area (Å²) in [5, 5.41) is 0. The van der Waals surface area contributed by atoms with Crippen LogP contribution in [0.25, 0.3) is 5.82 Å². The molecule has 0 spiro atoms. The second kappa shape index (κ2) is 8.11. The molecule has 3 heterocycles. The quantitative estimate of drug-likeness (QED) is 0.618. The highest BCUT2D eigenvalue weighted by Crippen LogP contribution is 2.20. The Morgan fingerprint density at radius 3 is 2.13 bits per heavy atom. The summed E-state index contributed by atoms with van der Waals surface area (Å²) in [7, 11) is -3.69. The summed E-state index contributed by atoms with van der Waals surface area (Å²) in [6, 6.07) is 8.50. The summed E-state index contributed by atoms with van der Waals surface area (Å²) in [6.45, 7) is 3.26. The topological polar surface area (TPSA) is 71.3 Å². The number of aromatic nitrogens is 3. The first-order chi connectivity index (χ1) is 14.3. The van der Waals surface area contributed by atoms with Gasteiger partial charge in [0.2, 0.25) is 10.0 Å². The fraction of sp³-hybridized carbons (Fsp3) is 0.300. The third kappa shape index (κ3) is 4.49. The highest BCUT2D eigenvalue weighted by atomic mass is 32.2. The maximum Gasteiger partial charge on any atom is 0.218 e. The molecule has 3 aromatic rings. The lowest BCUT2D eigenvalue weighted by atomic mass is 10.2. The van der Waals surface area contributed by atoms with Crippen molar-refractivity contribution < 1.29 is 17.2 Å². The molecule has 0 N–H and O–H groups in total. The second-order valence-electron chi connectivity index (χ2n) is 7.14.